The summed E-state index contributed by atoms with van der Waals surface area (Å²) in [6, 6.07) is 8.38. The van der Waals surface area contributed by atoms with Gasteiger partial charge in [0, 0.05) is 12.1 Å². The van der Waals surface area contributed by atoms with Crippen LogP contribution >= 0.6 is 0 Å². The van der Waals surface area contributed by atoms with E-state index in [0.29, 0.717) is 11.1 Å². The maximum atomic E-state index is 12.2. The molecule has 0 amide bonds. The van der Waals surface area contributed by atoms with Crippen molar-refractivity contribution in [3.8, 4) is 6.07 Å². The van der Waals surface area contributed by atoms with E-state index in [1.165, 1.54) is 0 Å². The number of nitrogens with two attached hydrogens (primary N) is 1. The summed E-state index contributed by atoms with van der Waals surface area (Å²) >= 11 is 0. The summed E-state index contributed by atoms with van der Waals surface area (Å²) in [5.41, 5.74) is 7.03. The minimum absolute atomic E-state index is 0.107. The van der Waals surface area contributed by atoms with Crippen LogP contribution in [0.3, 0.4) is 0 Å². The maximum absolute atomic E-state index is 12.2. The molecule has 2 atom stereocenters. The Kier molecular flexibility index (Phi) is 4.76. The maximum Gasteiger partial charge on any atom is 0.216 e. The molecule has 0 spiro atoms. The number of sulfonamides is 1. The highest BCUT2D eigenvalue weighted by atomic mass is 32.2. The van der Waals surface area contributed by atoms with Crippen molar-refractivity contribution < 1.29 is 8.42 Å². The van der Waals surface area contributed by atoms with Gasteiger partial charge in [-0.15, -0.1) is 0 Å². The fraction of sp³-hybridized carbons (Fsp3) is 0.500. The molecule has 0 saturated heterocycles. The molecule has 1 fully saturated rings. The minimum Gasteiger partial charge on any atom is -0.326 e. The summed E-state index contributed by atoms with van der Waals surface area (Å²) < 4.78 is 27.0. The van der Waals surface area contributed by atoms with Crippen molar-refractivity contribution in [3.63, 3.8) is 0 Å². The zero-order chi connectivity index (χ0) is 14.6. The third-order valence-corrected chi connectivity index (χ3v) is 4.94. The minimum atomic E-state index is -3.43. The van der Waals surface area contributed by atoms with Crippen molar-refractivity contribution in [3.05, 3.63) is 35.4 Å². The highest BCUT2D eigenvalue weighted by Crippen LogP contribution is 2.18. The molecule has 1 aliphatic carbocycles. The highest BCUT2D eigenvalue weighted by Gasteiger charge is 2.26. The summed E-state index contributed by atoms with van der Waals surface area (Å²) in [6.45, 7) is 0. The molecule has 5 nitrogen and oxygen atoms in total. The summed E-state index contributed by atoms with van der Waals surface area (Å²) in [5.74, 6) is -0.119. The van der Waals surface area contributed by atoms with E-state index >= 15 is 0 Å². The lowest BCUT2D eigenvalue weighted by molar-refractivity contribution is 0.361. The molecule has 108 valence electrons. The van der Waals surface area contributed by atoms with Crippen LogP contribution in [0.1, 0.15) is 36.8 Å². The topological polar surface area (TPSA) is 96.0 Å². The van der Waals surface area contributed by atoms with Crippen molar-refractivity contribution in [2.45, 2.75) is 43.5 Å². The van der Waals surface area contributed by atoms with E-state index in [-0.39, 0.29) is 17.8 Å². The van der Waals surface area contributed by atoms with Gasteiger partial charge in [-0.3, -0.25) is 0 Å². The van der Waals surface area contributed by atoms with Crippen molar-refractivity contribution >= 4 is 10.0 Å². The van der Waals surface area contributed by atoms with Gasteiger partial charge in [0.1, 0.15) is 0 Å². The van der Waals surface area contributed by atoms with E-state index in [9.17, 15) is 8.42 Å². The first kappa shape index (κ1) is 15.0. The predicted octanol–water partition coefficient (Wildman–Crippen LogP) is 1.25. The molecule has 1 aliphatic rings. The molecule has 1 saturated carbocycles. The molecule has 0 aliphatic heterocycles. The normalized spacial score (nSPS) is 23.2. The molecule has 1 aromatic rings. The number of nitriles is 1. The fourth-order valence-corrected chi connectivity index (χ4v) is 3.98. The van der Waals surface area contributed by atoms with E-state index in [4.69, 9.17) is 11.0 Å². The molecule has 0 aromatic heterocycles. The molecular weight excluding hydrogens is 274 g/mol. The number of nitrogens with one attached hydrogen (secondary N) is 1. The predicted molar refractivity (Wildman–Crippen MR) is 77.1 cm³/mol. The van der Waals surface area contributed by atoms with Gasteiger partial charge in [0.2, 0.25) is 10.0 Å². The lowest BCUT2D eigenvalue weighted by Crippen LogP contribution is -2.49. The highest BCUT2D eigenvalue weighted by molar-refractivity contribution is 7.88. The van der Waals surface area contributed by atoms with E-state index in [1.807, 2.05) is 6.07 Å². The Morgan fingerprint density at radius 3 is 2.80 bits per heavy atom. The quantitative estimate of drug-likeness (QED) is 0.873. The molecule has 0 bridgehead atoms. The summed E-state index contributed by atoms with van der Waals surface area (Å²) in [7, 11) is -3.43. The molecule has 2 unspecified atom stereocenters. The number of rotatable bonds is 4. The number of hydrogen-bond donors (Lipinski definition) is 2. The monoisotopic (exact) mass is 293 g/mol. The molecule has 0 radical (unpaired) electrons. The Morgan fingerprint density at radius 2 is 2.10 bits per heavy atom. The Bertz CT molecular complexity index is 607. The van der Waals surface area contributed by atoms with E-state index < -0.39 is 10.0 Å². The van der Waals surface area contributed by atoms with Crippen molar-refractivity contribution in [2.24, 2.45) is 5.73 Å². The standard InChI is InChI=1S/C14H19N3O2S/c15-9-11-4-3-5-12(8-11)10-20(18,19)17-14-7-2-1-6-13(14)16/h3-5,8,13-14,17H,1-2,6-7,10,16H2. The third-order valence-electron chi connectivity index (χ3n) is 3.56. The second-order valence-electron chi connectivity index (χ2n) is 5.24. The van der Waals surface area contributed by atoms with Gasteiger partial charge in [0.05, 0.1) is 17.4 Å². The Hall–Kier alpha value is -1.42. The van der Waals surface area contributed by atoms with Gasteiger partial charge in [-0.2, -0.15) is 5.26 Å². The van der Waals surface area contributed by atoms with Gasteiger partial charge in [0.15, 0.2) is 0 Å². The molecule has 1 aromatic carbocycles. The van der Waals surface area contributed by atoms with E-state index in [0.717, 1.165) is 25.7 Å². The number of benzene rings is 1. The Labute approximate surface area is 119 Å². The van der Waals surface area contributed by atoms with Crippen LogP contribution < -0.4 is 10.5 Å². The Balaban J connectivity index is 2.05. The molecule has 0 heterocycles. The van der Waals surface area contributed by atoms with Crippen LogP contribution in [0.4, 0.5) is 0 Å². The average Bonchev–Trinajstić information content (AvgIpc) is 2.41. The second kappa shape index (κ2) is 6.35. The third kappa shape index (κ3) is 4.04. The molecule has 6 heteroatoms. The van der Waals surface area contributed by atoms with Crippen LogP contribution in [-0.2, 0) is 15.8 Å². The summed E-state index contributed by atoms with van der Waals surface area (Å²) in [4.78, 5) is 0. The van der Waals surface area contributed by atoms with Gasteiger partial charge in [-0.05, 0) is 30.5 Å². The van der Waals surface area contributed by atoms with Crippen LogP contribution in [0.5, 0.6) is 0 Å². The van der Waals surface area contributed by atoms with Crippen LogP contribution in [0.15, 0.2) is 24.3 Å². The zero-order valence-electron chi connectivity index (χ0n) is 11.2. The van der Waals surface area contributed by atoms with Crippen molar-refractivity contribution in [2.75, 3.05) is 0 Å². The first-order valence-electron chi connectivity index (χ1n) is 6.75. The van der Waals surface area contributed by atoms with Crippen LogP contribution in [0.2, 0.25) is 0 Å². The molecule has 2 rings (SSSR count). The summed E-state index contributed by atoms with van der Waals surface area (Å²) in [6.07, 6.45) is 3.71. The van der Waals surface area contributed by atoms with Gasteiger partial charge >= 0.3 is 0 Å². The fourth-order valence-electron chi connectivity index (χ4n) is 2.53. The summed E-state index contributed by atoms with van der Waals surface area (Å²) in [5, 5.41) is 8.82. The lowest BCUT2D eigenvalue weighted by Gasteiger charge is -2.29. The second-order valence-corrected chi connectivity index (χ2v) is 7.00. The molecular formula is C14H19N3O2S. The number of hydrogen-bond acceptors (Lipinski definition) is 4. The van der Waals surface area contributed by atoms with Crippen molar-refractivity contribution in [1.29, 1.82) is 5.26 Å². The van der Waals surface area contributed by atoms with Gasteiger partial charge in [0.25, 0.3) is 0 Å². The molecule has 3 N–H and O–H groups in total. The van der Waals surface area contributed by atoms with E-state index in [2.05, 4.69) is 4.72 Å². The lowest BCUT2D eigenvalue weighted by atomic mass is 9.92. The van der Waals surface area contributed by atoms with Gasteiger partial charge in [-0.25, -0.2) is 13.1 Å². The van der Waals surface area contributed by atoms with Crippen LogP contribution in [0, 0.1) is 11.3 Å². The van der Waals surface area contributed by atoms with Crippen molar-refractivity contribution in [1.82, 2.24) is 4.72 Å². The van der Waals surface area contributed by atoms with Crippen LogP contribution in [0.25, 0.3) is 0 Å². The first-order valence-corrected chi connectivity index (χ1v) is 8.40. The van der Waals surface area contributed by atoms with Gasteiger partial charge < -0.3 is 5.73 Å². The average molecular weight is 293 g/mol. The zero-order valence-corrected chi connectivity index (χ0v) is 12.1. The van der Waals surface area contributed by atoms with Gasteiger partial charge in [-0.1, -0.05) is 25.0 Å². The first-order chi connectivity index (χ1) is 9.50. The van der Waals surface area contributed by atoms with E-state index in [1.54, 1.807) is 24.3 Å². The Morgan fingerprint density at radius 1 is 1.35 bits per heavy atom. The SMILES string of the molecule is N#Cc1cccc(CS(=O)(=O)NC2CCCCC2N)c1. The smallest absolute Gasteiger partial charge is 0.216 e. The number of nitrogens with zero attached hydrogens (tertiary/aromatic N) is 1. The van der Waals surface area contributed by atoms with Crippen LogP contribution in [-0.4, -0.2) is 20.5 Å². The largest absolute Gasteiger partial charge is 0.326 e. The molecule has 20 heavy (non-hydrogen) atoms.